The van der Waals surface area contributed by atoms with Crippen LogP contribution in [0.3, 0.4) is 0 Å². The average molecular weight is 302 g/mol. The largest absolute Gasteiger partial charge is 0.311 e. The first-order chi connectivity index (χ1) is 10.1. The zero-order chi connectivity index (χ0) is 15.1. The van der Waals surface area contributed by atoms with E-state index in [1.807, 2.05) is 32.0 Å². The van der Waals surface area contributed by atoms with Crippen LogP contribution in [0.15, 0.2) is 35.6 Å². The van der Waals surface area contributed by atoms with Gasteiger partial charge in [0.05, 0.1) is 0 Å². The summed E-state index contributed by atoms with van der Waals surface area (Å²) in [7, 11) is 0. The van der Waals surface area contributed by atoms with Gasteiger partial charge in [-0.15, -0.1) is 0 Å². The van der Waals surface area contributed by atoms with Crippen molar-refractivity contribution in [3.05, 3.63) is 41.9 Å². The number of anilines is 1. The second kappa shape index (κ2) is 7.73. The molecular formula is C15H18N4OS. The lowest BCUT2D eigenvalue weighted by Crippen LogP contribution is -2.12. The lowest BCUT2D eigenvalue weighted by atomic mass is 10.3. The van der Waals surface area contributed by atoms with Crippen LogP contribution in [0.5, 0.6) is 0 Å². The van der Waals surface area contributed by atoms with Crippen molar-refractivity contribution >= 4 is 23.5 Å². The third-order valence-corrected chi connectivity index (χ3v) is 3.61. The van der Waals surface area contributed by atoms with Crippen LogP contribution in [0.2, 0.25) is 0 Å². The highest BCUT2D eigenvalue weighted by Crippen LogP contribution is 2.16. The highest BCUT2D eigenvalue weighted by molar-refractivity contribution is 7.99. The molecule has 1 N–H and O–H groups in total. The third kappa shape index (κ3) is 5.51. The summed E-state index contributed by atoms with van der Waals surface area (Å²) in [5.41, 5.74) is 1.94. The first-order valence-electron chi connectivity index (χ1n) is 6.79. The van der Waals surface area contributed by atoms with Crippen molar-refractivity contribution in [3.63, 3.8) is 0 Å². The quantitative estimate of drug-likeness (QED) is 0.505. The monoisotopic (exact) mass is 302 g/mol. The van der Waals surface area contributed by atoms with Crippen LogP contribution in [0.25, 0.3) is 0 Å². The van der Waals surface area contributed by atoms with Gasteiger partial charge in [0.1, 0.15) is 5.82 Å². The predicted molar refractivity (Wildman–Crippen MR) is 84.3 cm³/mol. The Bertz CT molecular complexity index is 584. The number of hydrogen-bond acceptors (Lipinski definition) is 5. The zero-order valence-electron chi connectivity index (χ0n) is 12.2. The van der Waals surface area contributed by atoms with Crippen molar-refractivity contribution < 1.29 is 4.79 Å². The van der Waals surface area contributed by atoms with Crippen molar-refractivity contribution in [1.29, 1.82) is 0 Å². The molecule has 0 saturated carbocycles. The van der Waals surface area contributed by atoms with E-state index in [1.165, 1.54) is 0 Å². The number of carbonyl (C=O) groups is 1. The number of carbonyl (C=O) groups excluding carboxylic acids is 1. The first-order valence-corrected chi connectivity index (χ1v) is 7.78. The molecule has 0 bridgehead atoms. The van der Waals surface area contributed by atoms with E-state index in [-0.39, 0.29) is 5.91 Å². The summed E-state index contributed by atoms with van der Waals surface area (Å²) in [6, 6.07) is 7.38. The summed E-state index contributed by atoms with van der Waals surface area (Å²) in [6.45, 7) is 3.91. The van der Waals surface area contributed by atoms with Gasteiger partial charge in [0.25, 0.3) is 0 Å². The number of pyridine rings is 1. The van der Waals surface area contributed by atoms with E-state index in [4.69, 9.17) is 0 Å². The molecule has 0 saturated heterocycles. The number of nitrogens with zero attached hydrogens (tertiary/aromatic N) is 3. The van der Waals surface area contributed by atoms with Gasteiger partial charge < -0.3 is 5.32 Å². The molecule has 0 atom stereocenters. The minimum absolute atomic E-state index is 0.0179. The SMILES string of the molecule is Cc1cc(C)nc(SCCCC(=O)Nc2ccccn2)n1. The molecule has 2 aromatic heterocycles. The van der Waals surface area contributed by atoms with Gasteiger partial charge in [-0.2, -0.15) is 0 Å². The summed E-state index contributed by atoms with van der Waals surface area (Å²) in [5.74, 6) is 1.39. The zero-order valence-corrected chi connectivity index (χ0v) is 13.0. The minimum Gasteiger partial charge on any atom is -0.311 e. The maximum absolute atomic E-state index is 11.7. The van der Waals surface area contributed by atoms with Crippen LogP contribution in [-0.4, -0.2) is 26.6 Å². The Morgan fingerprint density at radius 2 is 2.00 bits per heavy atom. The summed E-state index contributed by atoms with van der Waals surface area (Å²) < 4.78 is 0. The molecule has 2 aromatic rings. The topological polar surface area (TPSA) is 67.8 Å². The number of amides is 1. The van der Waals surface area contributed by atoms with Gasteiger partial charge in [0.2, 0.25) is 5.91 Å². The average Bonchev–Trinajstić information content (AvgIpc) is 2.44. The number of rotatable bonds is 6. The molecule has 5 nitrogen and oxygen atoms in total. The molecule has 0 aliphatic rings. The summed E-state index contributed by atoms with van der Waals surface area (Å²) in [6.07, 6.45) is 2.90. The lowest BCUT2D eigenvalue weighted by Gasteiger charge is -2.04. The number of hydrogen-bond donors (Lipinski definition) is 1. The van der Waals surface area contributed by atoms with Gasteiger partial charge in [-0.05, 0) is 38.5 Å². The third-order valence-electron chi connectivity index (χ3n) is 2.67. The Balaban J connectivity index is 1.71. The van der Waals surface area contributed by atoms with Gasteiger partial charge in [0.15, 0.2) is 5.16 Å². The van der Waals surface area contributed by atoms with E-state index in [9.17, 15) is 4.79 Å². The molecule has 0 fully saturated rings. The van der Waals surface area contributed by atoms with Gasteiger partial charge in [-0.3, -0.25) is 4.79 Å². The van der Waals surface area contributed by atoms with E-state index >= 15 is 0 Å². The van der Waals surface area contributed by atoms with Gasteiger partial charge in [-0.25, -0.2) is 15.0 Å². The molecule has 2 heterocycles. The molecule has 0 aliphatic heterocycles. The lowest BCUT2D eigenvalue weighted by molar-refractivity contribution is -0.116. The van der Waals surface area contributed by atoms with E-state index in [0.29, 0.717) is 12.2 Å². The molecule has 6 heteroatoms. The van der Waals surface area contributed by atoms with Crippen LogP contribution >= 0.6 is 11.8 Å². The van der Waals surface area contributed by atoms with Gasteiger partial charge in [0, 0.05) is 29.8 Å². The molecule has 0 aromatic carbocycles. The van der Waals surface area contributed by atoms with Crippen LogP contribution in [-0.2, 0) is 4.79 Å². The Morgan fingerprint density at radius 3 is 2.67 bits per heavy atom. The molecular weight excluding hydrogens is 284 g/mol. The maximum Gasteiger partial charge on any atom is 0.225 e. The molecule has 0 radical (unpaired) electrons. The first kappa shape index (κ1) is 15.4. The smallest absolute Gasteiger partial charge is 0.225 e. The Morgan fingerprint density at radius 1 is 1.24 bits per heavy atom. The van der Waals surface area contributed by atoms with E-state index in [2.05, 4.69) is 20.3 Å². The van der Waals surface area contributed by atoms with Crippen molar-refractivity contribution in [2.24, 2.45) is 0 Å². The Labute approximate surface area is 128 Å². The molecule has 0 spiro atoms. The van der Waals surface area contributed by atoms with Crippen molar-refractivity contribution in [1.82, 2.24) is 15.0 Å². The van der Waals surface area contributed by atoms with E-state index in [0.717, 1.165) is 28.7 Å². The highest BCUT2D eigenvalue weighted by Gasteiger charge is 2.04. The van der Waals surface area contributed by atoms with Crippen LogP contribution < -0.4 is 5.32 Å². The van der Waals surface area contributed by atoms with Crippen molar-refractivity contribution in [2.75, 3.05) is 11.1 Å². The summed E-state index contributed by atoms with van der Waals surface area (Å²) >= 11 is 1.58. The van der Waals surface area contributed by atoms with Gasteiger partial charge >= 0.3 is 0 Å². The highest BCUT2D eigenvalue weighted by atomic mass is 32.2. The van der Waals surface area contributed by atoms with E-state index in [1.54, 1.807) is 24.0 Å². The normalized spacial score (nSPS) is 10.4. The Kier molecular flexibility index (Phi) is 5.68. The second-order valence-electron chi connectivity index (χ2n) is 4.65. The number of aromatic nitrogens is 3. The molecule has 110 valence electrons. The second-order valence-corrected chi connectivity index (χ2v) is 5.71. The predicted octanol–water partition coefficient (Wildman–Crippen LogP) is 3.00. The van der Waals surface area contributed by atoms with Crippen LogP contribution in [0.1, 0.15) is 24.2 Å². The molecule has 0 aliphatic carbocycles. The fourth-order valence-corrected chi connectivity index (χ4v) is 2.68. The van der Waals surface area contributed by atoms with Crippen LogP contribution in [0.4, 0.5) is 5.82 Å². The van der Waals surface area contributed by atoms with Gasteiger partial charge in [-0.1, -0.05) is 17.8 Å². The number of aryl methyl sites for hydroxylation is 2. The maximum atomic E-state index is 11.7. The number of thioether (sulfide) groups is 1. The molecule has 2 rings (SSSR count). The van der Waals surface area contributed by atoms with Crippen LogP contribution in [0, 0.1) is 13.8 Å². The van der Waals surface area contributed by atoms with E-state index < -0.39 is 0 Å². The van der Waals surface area contributed by atoms with Crippen molar-refractivity contribution in [3.8, 4) is 0 Å². The molecule has 1 amide bonds. The standard InChI is InChI=1S/C15H18N4OS/c1-11-10-12(2)18-15(17-11)21-9-5-7-14(20)19-13-6-3-4-8-16-13/h3-4,6,8,10H,5,7,9H2,1-2H3,(H,16,19,20). The summed E-state index contributed by atoms with van der Waals surface area (Å²) in [4.78, 5) is 24.5. The summed E-state index contributed by atoms with van der Waals surface area (Å²) in [5, 5.41) is 3.54. The fraction of sp³-hybridized carbons (Fsp3) is 0.333. The molecule has 0 unspecified atom stereocenters. The molecule has 21 heavy (non-hydrogen) atoms. The van der Waals surface area contributed by atoms with Crippen molar-refractivity contribution in [2.45, 2.75) is 31.8 Å². The number of nitrogens with one attached hydrogen (secondary N) is 1. The fourth-order valence-electron chi connectivity index (χ4n) is 1.80. The Hall–Kier alpha value is -1.95. The minimum atomic E-state index is -0.0179.